The van der Waals surface area contributed by atoms with Crippen molar-refractivity contribution in [1.82, 2.24) is 14.5 Å². The average molecular weight is 351 g/mol. The molecule has 0 spiro atoms. The van der Waals surface area contributed by atoms with E-state index in [4.69, 9.17) is 0 Å². The molecule has 2 aliphatic heterocycles. The summed E-state index contributed by atoms with van der Waals surface area (Å²) in [7, 11) is -3.33. The predicted octanol–water partition coefficient (Wildman–Crippen LogP) is 0.575. The number of carbonyl (C=O) groups is 2. The average Bonchev–Trinajstić information content (AvgIpc) is 2.93. The van der Waals surface area contributed by atoms with Gasteiger partial charge < -0.3 is 5.32 Å². The zero-order valence-electron chi connectivity index (χ0n) is 13.3. The summed E-state index contributed by atoms with van der Waals surface area (Å²) < 4.78 is 26.4. The second-order valence-corrected chi connectivity index (χ2v) is 8.19. The molecule has 1 aromatic rings. The van der Waals surface area contributed by atoms with Crippen molar-refractivity contribution in [3.63, 3.8) is 0 Å². The van der Waals surface area contributed by atoms with Crippen molar-refractivity contribution >= 4 is 22.0 Å². The van der Waals surface area contributed by atoms with Gasteiger partial charge >= 0.3 is 6.03 Å². The molecule has 0 atom stereocenters. The number of imide groups is 1. The first kappa shape index (κ1) is 16.9. The lowest BCUT2D eigenvalue weighted by atomic mass is 10.1. The van der Waals surface area contributed by atoms with Gasteiger partial charge in [0.05, 0.1) is 12.3 Å². The maximum atomic E-state index is 12.5. The molecule has 2 fully saturated rings. The van der Waals surface area contributed by atoms with Crippen molar-refractivity contribution in [2.45, 2.75) is 25.3 Å². The van der Waals surface area contributed by atoms with E-state index >= 15 is 0 Å². The van der Waals surface area contributed by atoms with Gasteiger partial charge in [0.25, 0.3) is 0 Å². The van der Waals surface area contributed by atoms with Crippen molar-refractivity contribution in [2.75, 3.05) is 25.4 Å². The quantitative estimate of drug-likeness (QED) is 0.786. The van der Waals surface area contributed by atoms with Crippen LogP contribution in [0.4, 0.5) is 4.79 Å². The van der Waals surface area contributed by atoms with Crippen LogP contribution in [0.15, 0.2) is 30.3 Å². The molecular weight excluding hydrogens is 330 g/mol. The third-order valence-corrected chi connectivity index (χ3v) is 6.42. The van der Waals surface area contributed by atoms with E-state index in [2.05, 4.69) is 5.32 Å². The molecule has 3 rings (SSSR count). The number of benzene rings is 1. The van der Waals surface area contributed by atoms with Gasteiger partial charge in [-0.15, -0.1) is 0 Å². The normalized spacial score (nSPS) is 20.4. The molecule has 0 bridgehead atoms. The summed E-state index contributed by atoms with van der Waals surface area (Å²) in [6.45, 7) is 0.728. The van der Waals surface area contributed by atoms with Crippen LogP contribution in [-0.4, -0.2) is 61.0 Å². The van der Waals surface area contributed by atoms with Gasteiger partial charge in [-0.25, -0.2) is 17.5 Å². The summed E-state index contributed by atoms with van der Waals surface area (Å²) in [5.41, 5.74) is 0.996. The number of urea groups is 1. The lowest BCUT2D eigenvalue weighted by Crippen LogP contribution is -2.49. The van der Waals surface area contributed by atoms with E-state index < -0.39 is 10.0 Å². The Morgan fingerprint density at radius 3 is 2.33 bits per heavy atom. The van der Waals surface area contributed by atoms with Crippen molar-refractivity contribution in [2.24, 2.45) is 0 Å². The van der Waals surface area contributed by atoms with E-state index in [1.54, 1.807) is 0 Å². The predicted molar refractivity (Wildman–Crippen MR) is 88.8 cm³/mol. The molecule has 7 nitrogen and oxygen atoms in total. The third kappa shape index (κ3) is 3.59. The highest BCUT2D eigenvalue weighted by Gasteiger charge is 2.38. The van der Waals surface area contributed by atoms with E-state index in [9.17, 15) is 18.0 Å². The minimum atomic E-state index is -3.33. The lowest BCUT2D eigenvalue weighted by Gasteiger charge is -2.34. The Labute approximate surface area is 141 Å². The molecule has 2 saturated heterocycles. The van der Waals surface area contributed by atoms with Crippen LogP contribution >= 0.6 is 0 Å². The Morgan fingerprint density at radius 2 is 1.75 bits per heavy atom. The molecule has 8 heteroatoms. The molecule has 0 saturated carbocycles. The maximum absolute atomic E-state index is 12.5. The molecule has 0 aromatic heterocycles. The van der Waals surface area contributed by atoms with Crippen LogP contribution in [-0.2, 0) is 21.2 Å². The fourth-order valence-corrected chi connectivity index (χ4v) is 4.72. The minimum Gasteiger partial charge on any atom is -0.329 e. The largest absolute Gasteiger partial charge is 0.329 e. The van der Waals surface area contributed by atoms with Crippen LogP contribution in [0.2, 0.25) is 0 Å². The molecule has 24 heavy (non-hydrogen) atoms. The highest BCUT2D eigenvalue weighted by atomic mass is 32.2. The fraction of sp³-hybridized carbons (Fsp3) is 0.500. The van der Waals surface area contributed by atoms with Crippen LogP contribution < -0.4 is 5.32 Å². The molecule has 2 aliphatic rings. The lowest BCUT2D eigenvalue weighted by molar-refractivity contribution is -0.127. The summed E-state index contributed by atoms with van der Waals surface area (Å²) in [5, 5.41) is 2.50. The number of rotatable bonds is 5. The number of piperidine rings is 1. The number of aryl methyl sites for hydroxylation is 1. The van der Waals surface area contributed by atoms with E-state index in [1.807, 2.05) is 30.3 Å². The highest BCUT2D eigenvalue weighted by Crippen LogP contribution is 2.21. The second-order valence-electron chi connectivity index (χ2n) is 6.10. The van der Waals surface area contributed by atoms with Crippen molar-refractivity contribution < 1.29 is 18.0 Å². The van der Waals surface area contributed by atoms with Crippen molar-refractivity contribution in [3.8, 4) is 0 Å². The van der Waals surface area contributed by atoms with Gasteiger partial charge in [0.2, 0.25) is 15.9 Å². The third-order valence-electron chi connectivity index (χ3n) is 4.55. The monoisotopic (exact) mass is 351 g/mol. The van der Waals surface area contributed by atoms with Crippen LogP contribution in [0.5, 0.6) is 0 Å². The Hall–Kier alpha value is -1.93. The molecule has 1 aromatic carbocycles. The van der Waals surface area contributed by atoms with Gasteiger partial charge in [-0.05, 0) is 24.8 Å². The number of nitrogens with zero attached hydrogens (tertiary/aromatic N) is 2. The smallest absolute Gasteiger partial charge is 0.324 e. The van der Waals surface area contributed by atoms with Crippen molar-refractivity contribution in [1.29, 1.82) is 0 Å². The first-order valence-electron chi connectivity index (χ1n) is 8.09. The van der Waals surface area contributed by atoms with E-state index in [0.717, 1.165) is 5.56 Å². The Morgan fingerprint density at radius 1 is 1.08 bits per heavy atom. The van der Waals surface area contributed by atoms with Gasteiger partial charge in [0, 0.05) is 19.1 Å². The summed E-state index contributed by atoms with van der Waals surface area (Å²) in [5.74, 6) is -0.157. The zero-order valence-corrected chi connectivity index (χ0v) is 14.2. The van der Waals surface area contributed by atoms with Gasteiger partial charge in [0.15, 0.2) is 0 Å². The maximum Gasteiger partial charge on any atom is 0.324 e. The first-order chi connectivity index (χ1) is 11.5. The number of hydrogen-bond donors (Lipinski definition) is 1. The number of sulfonamides is 1. The van der Waals surface area contributed by atoms with Crippen LogP contribution in [0.1, 0.15) is 18.4 Å². The first-order valence-corrected chi connectivity index (χ1v) is 9.70. The molecule has 0 radical (unpaired) electrons. The Balaban J connectivity index is 1.55. The van der Waals surface area contributed by atoms with Gasteiger partial charge in [-0.1, -0.05) is 30.3 Å². The molecule has 3 amide bonds. The molecular formula is C16H21N3O4S. The molecule has 2 heterocycles. The van der Waals surface area contributed by atoms with Crippen LogP contribution in [0.3, 0.4) is 0 Å². The Kier molecular flexibility index (Phi) is 4.86. The topological polar surface area (TPSA) is 86.8 Å². The molecule has 1 N–H and O–H groups in total. The summed E-state index contributed by atoms with van der Waals surface area (Å²) in [4.78, 5) is 24.7. The minimum absolute atomic E-state index is 0.0361. The van der Waals surface area contributed by atoms with Crippen LogP contribution in [0, 0.1) is 0 Å². The summed E-state index contributed by atoms with van der Waals surface area (Å²) in [6, 6.07) is 8.94. The van der Waals surface area contributed by atoms with Crippen molar-refractivity contribution in [3.05, 3.63) is 35.9 Å². The van der Waals surface area contributed by atoms with Gasteiger partial charge in [0.1, 0.15) is 0 Å². The number of hydrogen-bond acceptors (Lipinski definition) is 4. The summed E-state index contributed by atoms with van der Waals surface area (Å²) in [6.07, 6.45) is 1.46. The van der Waals surface area contributed by atoms with Gasteiger partial charge in [-0.2, -0.15) is 0 Å². The number of amides is 3. The van der Waals surface area contributed by atoms with E-state index in [0.29, 0.717) is 32.4 Å². The molecule has 0 aliphatic carbocycles. The number of carbonyl (C=O) groups excluding carboxylic acids is 2. The molecule has 130 valence electrons. The Bertz CT molecular complexity index is 696. The standard InChI is InChI=1S/C16H21N3O4S/c20-15-12-17-16(21)19(15)14-6-9-18(10-7-14)24(22,23)11-8-13-4-2-1-3-5-13/h1-5,14H,6-12H2,(H,17,21). The van der Waals surface area contributed by atoms with E-state index in [-0.39, 0.29) is 30.3 Å². The SMILES string of the molecule is O=C1CNC(=O)N1C1CCN(S(=O)(=O)CCc2ccccc2)CC1. The fourth-order valence-electron chi connectivity index (χ4n) is 3.20. The van der Waals surface area contributed by atoms with Crippen LogP contribution in [0.25, 0.3) is 0 Å². The van der Waals surface area contributed by atoms with E-state index in [1.165, 1.54) is 9.21 Å². The zero-order chi connectivity index (χ0) is 17.2. The molecule has 0 unspecified atom stereocenters. The highest BCUT2D eigenvalue weighted by molar-refractivity contribution is 7.89. The number of nitrogens with one attached hydrogen (secondary N) is 1. The summed E-state index contributed by atoms with van der Waals surface area (Å²) >= 11 is 0. The van der Waals surface area contributed by atoms with Gasteiger partial charge in [-0.3, -0.25) is 9.69 Å². The second kappa shape index (κ2) is 6.90.